The summed E-state index contributed by atoms with van der Waals surface area (Å²) in [4.78, 5) is 17.4. The number of amides is 1. The van der Waals surface area contributed by atoms with Gasteiger partial charge in [0.2, 0.25) is 0 Å². The standard InChI is InChI=1S/C12H14ClFN2O3/c1-18-9-5-16(6-10(9)19-2)12(17)8-3-7(14)4-15-11(8)13/h3-4,9-10H,5-6H2,1-2H3. The highest BCUT2D eigenvalue weighted by Gasteiger charge is 2.36. The third kappa shape index (κ3) is 2.86. The maximum absolute atomic E-state index is 13.1. The van der Waals surface area contributed by atoms with E-state index in [9.17, 15) is 9.18 Å². The van der Waals surface area contributed by atoms with Gasteiger partial charge in [-0.15, -0.1) is 0 Å². The predicted octanol–water partition coefficient (Wildman–Crippen LogP) is 1.36. The van der Waals surface area contributed by atoms with Crippen molar-refractivity contribution in [1.29, 1.82) is 0 Å². The van der Waals surface area contributed by atoms with Gasteiger partial charge in [-0.1, -0.05) is 11.6 Å². The number of rotatable bonds is 3. The first-order valence-electron chi connectivity index (χ1n) is 5.72. The minimum absolute atomic E-state index is 0.0127. The normalized spacial score (nSPS) is 22.8. The number of methoxy groups -OCH3 is 2. The maximum Gasteiger partial charge on any atom is 0.257 e. The van der Waals surface area contributed by atoms with Crippen LogP contribution in [-0.2, 0) is 9.47 Å². The molecule has 2 atom stereocenters. The Morgan fingerprint density at radius 3 is 2.53 bits per heavy atom. The molecule has 0 aromatic carbocycles. The fourth-order valence-electron chi connectivity index (χ4n) is 2.11. The Hall–Kier alpha value is -1.24. The molecule has 104 valence electrons. The Morgan fingerprint density at radius 1 is 1.42 bits per heavy atom. The summed E-state index contributed by atoms with van der Waals surface area (Å²) in [6.45, 7) is 0.751. The first kappa shape index (κ1) is 14.2. The molecule has 0 aliphatic carbocycles. The molecule has 2 rings (SSSR count). The molecule has 0 bridgehead atoms. The Kier molecular flexibility index (Phi) is 4.34. The van der Waals surface area contributed by atoms with Gasteiger partial charge in [0.1, 0.15) is 23.2 Å². The van der Waals surface area contributed by atoms with E-state index in [1.165, 1.54) is 4.90 Å². The molecule has 1 saturated heterocycles. The summed E-state index contributed by atoms with van der Waals surface area (Å²) in [6.07, 6.45) is 0.572. The van der Waals surface area contributed by atoms with Crippen molar-refractivity contribution in [3.63, 3.8) is 0 Å². The van der Waals surface area contributed by atoms with Crippen LogP contribution >= 0.6 is 11.6 Å². The van der Waals surface area contributed by atoms with Crippen molar-refractivity contribution in [3.05, 3.63) is 28.8 Å². The van der Waals surface area contributed by atoms with Gasteiger partial charge in [-0.3, -0.25) is 4.79 Å². The Morgan fingerprint density at radius 2 is 2.00 bits per heavy atom. The summed E-state index contributed by atoms with van der Waals surface area (Å²) in [7, 11) is 3.11. The molecule has 1 aromatic heterocycles. The van der Waals surface area contributed by atoms with Crippen LogP contribution in [0.2, 0.25) is 5.15 Å². The first-order chi connectivity index (χ1) is 9.06. The Balaban J connectivity index is 2.19. The van der Waals surface area contributed by atoms with Crippen molar-refractivity contribution in [2.24, 2.45) is 0 Å². The smallest absolute Gasteiger partial charge is 0.257 e. The molecule has 19 heavy (non-hydrogen) atoms. The molecule has 1 aliphatic rings. The fourth-order valence-corrected chi connectivity index (χ4v) is 2.29. The molecule has 2 unspecified atom stereocenters. The van der Waals surface area contributed by atoms with Gasteiger partial charge < -0.3 is 14.4 Å². The average molecular weight is 289 g/mol. The molecule has 2 heterocycles. The number of pyridine rings is 1. The summed E-state index contributed by atoms with van der Waals surface area (Å²) in [5.74, 6) is -0.975. The van der Waals surface area contributed by atoms with Gasteiger partial charge in [-0.05, 0) is 6.07 Å². The van der Waals surface area contributed by atoms with Gasteiger partial charge in [-0.2, -0.15) is 0 Å². The fraction of sp³-hybridized carbons (Fsp3) is 0.500. The van der Waals surface area contributed by atoms with Gasteiger partial charge in [0.15, 0.2) is 0 Å². The van der Waals surface area contributed by atoms with Crippen LogP contribution in [-0.4, -0.2) is 55.3 Å². The predicted molar refractivity (Wildman–Crippen MR) is 66.7 cm³/mol. The molecule has 0 saturated carbocycles. The van der Waals surface area contributed by atoms with Crippen LogP contribution in [0.5, 0.6) is 0 Å². The molecule has 5 nitrogen and oxygen atoms in total. The highest BCUT2D eigenvalue weighted by Crippen LogP contribution is 2.21. The average Bonchev–Trinajstić information content (AvgIpc) is 2.84. The summed E-state index contributed by atoms with van der Waals surface area (Å²) >= 11 is 5.82. The molecular weight excluding hydrogens is 275 g/mol. The highest BCUT2D eigenvalue weighted by atomic mass is 35.5. The number of halogens is 2. The monoisotopic (exact) mass is 288 g/mol. The number of nitrogens with zero attached hydrogens (tertiary/aromatic N) is 2. The lowest BCUT2D eigenvalue weighted by molar-refractivity contribution is -0.00461. The molecule has 1 amide bonds. The van der Waals surface area contributed by atoms with Crippen LogP contribution in [0, 0.1) is 5.82 Å². The number of hydrogen-bond donors (Lipinski definition) is 0. The van der Waals surface area contributed by atoms with Crippen molar-refractivity contribution < 1.29 is 18.7 Å². The van der Waals surface area contributed by atoms with Crippen LogP contribution in [0.4, 0.5) is 4.39 Å². The number of carbonyl (C=O) groups is 1. The van der Waals surface area contributed by atoms with Crippen molar-refractivity contribution in [3.8, 4) is 0 Å². The van der Waals surface area contributed by atoms with Crippen molar-refractivity contribution in [2.45, 2.75) is 12.2 Å². The van der Waals surface area contributed by atoms with E-state index >= 15 is 0 Å². The van der Waals surface area contributed by atoms with E-state index in [1.54, 1.807) is 14.2 Å². The van der Waals surface area contributed by atoms with E-state index in [1.807, 2.05) is 0 Å². The molecule has 1 aliphatic heterocycles. The second kappa shape index (κ2) is 5.81. The van der Waals surface area contributed by atoms with Gasteiger partial charge in [-0.25, -0.2) is 9.37 Å². The Labute approximate surface area is 115 Å². The number of likely N-dealkylation sites (tertiary alicyclic amines) is 1. The minimum Gasteiger partial charge on any atom is -0.377 e. The van der Waals surface area contributed by atoms with Gasteiger partial charge in [0, 0.05) is 27.3 Å². The highest BCUT2D eigenvalue weighted by molar-refractivity contribution is 6.32. The van der Waals surface area contributed by atoms with E-state index in [0.29, 0.717) is 13.1 Å². The number of ether oxygens (including phenoxy) is 2. The Bertz CT molecular complexity index is 474. The van der Waals surface area contributed by atoms with Crippen LogP contribution in [0.1, 0.15) is 10.4 Å². The van der Waals surface area contributed by atoms with Gasteiger partial charge in [0.25, 0.3) is 5.91 Å². The third-order valence-electron chi connectivity index (χ3n) is 3.14. The number of hydrogen-bond acceptors (Lipinski definition) is 4. The summed E-state index contributed by atoms with van der Waals surface area (Å²) < 4.78 is 23.6. The minimum atomic E-state index is -0.599. The SMILES string of the molecule is COC1CN(C(=O)c2cc(F)cnc2Cl)CC1OC. The molecule has 7 heteroatoms. The lowest BCUT2D eigenvalue weighted by atomic mass is 10.2. The van der Waals surface area contributed by atoms with E-state index in [4.69, 9.17) is 21.1 Å². The van der Waals surface area contributed by atoms with Crippen LogP contribution in [0.3, 0.4) is 0 Å². The first-order valence-corrected chi connectivity index (χ1v) is 6.10. The molecular formula is C12H14ClFN2O3. The molecule has 0 radical (unpaired) electrons. The second-order valence-corrected chi connectivity index (χ2v) is 4.61. The lowest BCUT2D eigenvalue weighted by Crippen LogP contribution is -2.30. The maximum atomic E-state index is 13.1. The van der Waals surface area contributed by atoms with Crippen molar-refractivity contribution >= 4 is 17.5 Å². The quantitative estimate of drug-likeness (QED) is 0.788. The van der Waals surface area contributed by atoms with E-state index in [0.717, 1.165) is 12.3 Å². The largest absolute Gasteiger partial charge is 0.377 e. The van der Waals surface area contributed by atoms with Crippen LogP contribution in [0.15, 0.2) is 12.3 Å². The van der Waals surface area contributed by atoms with E-state index in [2.05, 4.69) is 4.98 Å². The molecule has 1 fully saturated rings. The van der Waals surface area contributed by atoms with Crippen molar-refractivity contribution in [2.75, 3.05) is 27.3 Å². The third-order valence-corrected chi connectivity index (χ3v) is 3.45. The number of carbonyl (C=O) groups excluding carboxylic acids is 1. The van der Waals surface area contributed by atoms with Gasteiger partial charge >= 0.3 is 0 Å². The van der Waals surface area contributed by atoms with Gasteiger partial charge in [0.05, 0.1) is 11.8 Å². The van der Waals surface area contributed by atoms with Crippen LogP contribution < -0.4 is 0 Å². The summed E-state index contributed by atoms with van der Waals surface area (Å²) in [5.41, 5.74) is 0.0493. The zero-order valence-electron chi connectivity index (χ0n) is 10.6. The summed E-state index contributed by atoms with van der Waals surface area (Å²) in [5, 5.41) is -0.0127. The molecule has 1 aromatic rings. The molecule has 0 spiro atoms. The zero-order chi connectivity index (χ0) is 14.0. The zero-order valence-corrected chi connectivity index (χ0v) is 11.4. The topological polar surface area (TPSA) is 51.7 Å². The molecule has 0 N–H and O–H groups in total. The number of aromatic nitrogens is 1. The van der Waals surface area contributed by atoms with Crippen molar-refractivity contribution in [1.82, 2.24) is 9.88 Å². The van der Waals surface area contributed by atoms with Crippen LogP contribution in [0.25, 0.3) is 0 Å². The summed E-state index contributed by atoms with van der Waals surface area (Å²) in [6, 6.07) is 1.08. The lowest BCUT2D eigenvalue weighted by Gasteiger charge is -2.16. The van der Waals surface area contributed by atoms with E-state index in [-0.39, 0.29) is 28.8 Å². The van der Waals surface area contributed by atoms with E-state index < -0.39 is 5.82 Å². The second-order valence-electron chi connectivity index (χ2n) is 4.25.